The molecule has 1 saturated heterocycles. The number of aliphatic hydroxyl groups is 1. The van der Waals surface area contributed by atoms with E-state index in [9.17, 15) is 5.11 Å². The highest BCUT2D eigenvalue weighted by atomic mass is 35.5. The van der Waals surface area contributed by atoms with Crippen molar-refractivity contribution in [3.8, 4) is 5.75 Å². The Labute approximate surface area is 140 Å². The van der Waals surface area contributed by atoms with E-state index in [4.69, 9.17) is 32.7 Å². The number of hydrogen-bond acceptors (Lipinski definition) is 4. The molecule has 2 unspecified atom stereocenters. The van der Waals surface area contributed by atoms with Crippen molar-refractivity contribution in [3.63, 3.8) is 0 Å². The average molecular weight is 346 g/mol. The van der Waals surface area contributed by atoms with Gasteiger partial charge in [0.2, 0.25) is 0 Å². The summed E-state index contributed by atoms with van der Waals surface area (Å²) in [7, 11) is 0. The van der Waals surface area contributed by atoms with Crippen molar-refractivity contribution in [2.45, 2.75) is 25.0 Å². The summed E-state index contributed by atoms with van der Waals surface area (Å²) in [4.78, 5) is 2.32. The normalized spacial score (nSPS) is 24.2. The smallest absolute Gasteiger partial charge is 0.156 e. The van der Waals surface area contributed by atoms with Crippen LogP contribution in [0.1, 0.15) is 12.8 Å². The number of morpholine rings is 1. The largest absolute Gasteiger partial charge is 0.488 e. The van der Waals surface area contributed by atoms with E-state index in [1.165, 1.54) is 12.8 Å². The Balaban J connectivity index is 1.52. The highest BCUT2D eigenvalue weighted by molar-refractivity contribution is 6.37. The van der Waals surface area contributed by atoms with Gasteiger partial charge in [-0.05, 0) is 30.9 Å². The second-order valence-corrected chi connectivity index (χ2v) is 6.80. The van der Waals surface area contributed by atoms with E-state index in [0.717, 1.165) is 25.7 Å². The lowest BCUT2D eigenvalue weighted by molar-refractivity contribution is -0.0392. The predicted molar refractivity (Wildman–Crippen MR) is 86.9 cm³/mol. The van der Waals surface area contributed by atoms with E-state index >= 15 is 0 Å². The molecule has 0 bridgehead atoms. The molecule has 1 aromatic carbocycles. The molecule has 1 heterocycles. The minimum atomic E-state index is -0.577. The lowest BCUT2D eigenvalue weighted by Gasteiger charge is -2.36. The van der Waals surface area contributed by atoms with Crippen LogP contribution in [-0.2, 0) is 4.74 Å². The fraction of sp³-hybridized carbons (Fsp3) is 0.625. The third-order valence-electron chi connectivity index (χ3n) is 4.23. The van der Waals surface area contributed by atoms with Crippen molar-refractivity contribution in [2.75, 3.05) is 32.9 Å². The van der Waals surface area contributed by atoms with E-state index in [1.807, 2.05) is 0 Å². The molecule has 0 amide bonds. The van der Waals surface area contributed by atoms with Crippen LogP contribution in [-0.4, -0.2) is 55.1 Å². The average Bonchev–Trinajstić information content (AvgIpc) is 3.32. The van der Waals surface area contributed by atoms with Crippen molar-refractivity contribution in [3.05, 3.63) is 28.2 Å². The maximum absolute atomic E-state index is 10.3. The highest BCUT2D eigenvalue weighted by Gasteiger charge is 2.37. The molecule has 0 radical (unpaired) electrons. The standard InChI is InChI=1S/C16H21Cl2NO3/c17-13-2-1-3-14(18)16(13)22-9-12(20)8-19-6-7-21-10-15(19)11-4-5-11/h1-3,11-12,15,20H,4-10H2. The summed E-state index contributed by atoms with van der Waals surface area (Å²) in [6, 6.07) is 5.65. The monoisotopic (exact) mass is 345 g/mol. The minimum absolute atomic E-state index is 0.179. The minimum Gasteiger partial charge on any atom is -0.488 e. The van der Waals surface area contributed by atoms with Gasteiger partial charge in [0.1, 0.15) is 12.7 Å². The summed E-state index contributed by atoms with van der Waals surface area (Å²) >= 11 is 12.1. The van der Waals surface area contributed by atoms with Crippen molar-refractivity contribution >= 4 is 23.2 Å². The Morgan fingerprint density at radius 3 is 2.73 bits per heavy atom. The van der Waals surface area contributed by atoms with Gasteiger partial charge >= 0.3 is 0 Å². The first-order valence-corrected chi connectivity index (χ1v) is 8.47. The molecular formula is C16H21Cl2NO3. The van der Waals surface area contributed by atoms with E-state index < -0.39 is 6.10 Å². The van der Waals surface area contributed by atoms with Crippen molar-refractivity contribution in [1.29, 1.82) is 0 Å². The van der Waals surface area contributed by atoms with E-state index in [2.05, 4.69) is 4.90 Å². The summed E-state index contributed by atoms with van der Waals surface area (Å²) in [5, 5.41) is 11.2. The second kappa shape index (κ2) is 7.37. The maximum Gasteiger partial charge on any atom is 0.156 e. The van der Waals surface area contributed by atoms with Crippen molar-refractivity contribution < 1.29 is 14.6 Å². The second-order valence-electron chi connectivity index (χ2n) is 5.99. The van der Waals surface area contributed by atoms with Crippen LogP contribution in [0.15, 0.2) is 18.2 Å². The molecule has 22 heavy (non-hydrogen) atoms. The van der Waals surface area contributed by atoms with Gasteiger partial charge in [0.05, 0.1) is 23.3 Å². The van der Waals surface area contributed by atoms with Crippen LogP contribution in [0.5, 0.6) is 5.75 Å². The zero-order valence-corrected chi connectivity index (χ0v) is 13.9. The molecule has 2 fully saturated rings. The molecule has 0 aromatic heterocycles. The fourth-order valence-electron chi connectivity index (χ4n) is 2.92. The number of benzene rings is 1. The molecule has 2 aliphatic rings. The van der Waals surface area contributed by atoms with E-state index in [1.54, 1.807) is 18.2 Å². The highest BCUT2D eigenvalue weighted by Crippen LogP contribution is 2.36. The maximum atomic E-state index is 10.3. The third kappa shape index (κ3) is 4.06. The summed E-state index contributed by atoms with van der Waals surface area (Å²) in [6.07, 6.45) is 1.96. The van der Waals surface area contributed by atoms with Gasteiger partial charge < -0.3 is 14.6 Å². The van der Waals surface area contributed by atoms with Crippen molar-refractivity contribution in [2.24, 2.45) is 5.92 Å². The number of para-hydroxylation sites is 1. The van der Waals surface area contributed by atoms with Crippen LogP contribution in [0.25, 0.3) is 0 Å². The number of ether oxygens (including phenoxy) is 2. The van der Waals surface area contributed by atoms with Crippen molar-refractivity contribution in [1.82, 2.24) is 4.90 Å². The number of hydrogen-bond donors (Lipinski definition) is 1. The first-order chi connectivity index (χ1) is 10.6. The Kier molecular flexibility index (Phi) is 5.47. The first-order valence-electron chi connectivity index (χ1n) is 7.72. The van der Waals surface area contributed by atoms with E-state index in [-0.39, 0.29) is 6.61 Å². The zero-order valence-electron chi connectivity index (χ0n) is 12.4. The van der Waals surface area contributed by atoms with Gasteiger partial charge in [-0.25, -0.2) is 0 Å². The molecule has 6 heteroatoms. The van der Waals surface area contributed by atoms with Gasteiger partial charge in [-0.2, -0.15) is 0 Å². The molecule has 0 spiro atoms. The molecule has 3 rings (SSSR count). The Bertz CT molecular complexity index is 490. The van der Waals surface area contributed by atoms with Gasteiger partial charge in [0, 0.05) is 19.1 Å². The number of nitrogens with zero attached hydrogens (tertiary/aromatic N) is 1. The molecule has 2 atom stereocenters. The SMILES string of the molecule is OC(COc1c(Cl)cccc1Cl)CN1CCOCC1C1CC1. The topological polar surface area (TPSA) is 41.9 Å². The molecule has 122 valence electrons. The number of halogens is 2. The molecule has 1 N–H and O–H groups in total. The summed E-state index contributed by atoms with van der Waals surface area (Å²) in [5.74, 6) is 1.16. The third-order valence-corrected chi connectivity index (χ3v) is 4.83. The summed E-state index contributed by atoms with van der Waals surface area (Å²) in [6.45, 7) is 3.14. The zero-order chi connectivity index (χ0) is 15.5. The fourth-order valence-corrected chi connectivity index (χ4v) is 3.43. The summed E-state index contributed by atoms with van der Waals surface area (Å²) < 4.78 is 11.2. The predicted octanol–water partition coefficient (Wildman–Crippen LogP) is 2.84. The van der Waals surface area contributed by atoms with Crippen LogP contribution in [0, 0.1) is 5.92 Å². The Morgan fingerprint density at radius 1 is 1.32 bits per heavy atom. The molecule has 1 saturated carbocycles. The van der Waals surface area contributed by atoms with Crippen LogP contribution < -0.4 is 4.74 Å². The summed E-state index contributed by atoms with van der Waals surface area (Å²) in [5.41, 5.74) is 0. The van der Waals surface area contributed by atoms with Gasteiger partial charge in [0.25, 0.3) is 0 Å². The number of aliphatic hydroxyl groups excluding tert-OH is 1. The van der Waals surface area contributed by atoms with Gasteiger partial charge in [-0.15, -0.1) is 0 Å². The Morgan fingerprint density at radius 2 is 2.05 bits per heavy atom. The first kappa shape index (κ1) is 16.3. The quantitative estimate of drug-likeness (QED) is 0.860. The number of β-amino-alcohol motifs (C(OH)–C–C–N with tert-alkyl or cyclic N) is 1. The van der Waals surface area contributed by atoms with Gasteiger partial charge in [-0.1, -0.05) is 29.3 Å². The number of rotatable bonds is 6. The molecule has 1 aliphatic carbocycles. The Hall–Kier alpha value is -0.520. The van der Waals surface area contributed by atoms with Crippen LogP contribution in [0.3, 0.4) is 0 Å². The molecule has 1 aliphatic heterocycles. The lowest BCUT2D eigenvalue weighted by Crippen LogP contribution is -2.50. The van der Waals surface area contributed by atoms with Gasteiger partial charge in [-0.3, -0.25) is 4.90 Å². The molecular weight excluding hydrogens is 325 g/mol. The van der Waals surface area contributed by atoms with Crippen LogP contribution in [0.2, 0.25) is 10.0 Å². The lowest BCUT2D eigenvalue weighted by atomic mass is 10.1. The van der Waals surface area contributed by atoms with Gasteiger partial charge in [0.15, 0.2) is 5.75 Å². The molecule has 4 nitrogen and oxygen atoms in total. The van der Waals surface area contributed by atoms with E-state index in [0.29, 0.717) is 28.4 Å². The van der Waals surface area contributed by atoms with Crippen LogP contribution in [0.4, 0.5) is 0 Å². The van der Waals surface area contributed by atoms with Crippen LogP contribution >= 0.6 is 23.2 Å². The molecule has 1 aromatic rings.